The summed E-state index contributed by atoms with van der Waals surface area (Å²) in [4.78, 5) is 30.8. The highest BCUT2D eigenvalue weighted by atomic mass is 14.9. The van der Waals surface area contributed by atoms with Gasteiger partial charge in [-0.05, 0) is 164 Å². The van der Waals surface area contributed by atoms with Crippen molar-refractivity contribution >= 4 is 64.6 Å². The van der Waals surface area contributed by atoms with Gasteiger partial charge in [0.15, 0.2) is 11.6 Å². The first-order valence-corrected chi connectivity index (χ1v) is 32.4. The number of hydrogen-bond donors (Lipinski definition) is 0. The van der Waals surface area contributed by atoms with Gasteiger partial charge in [0.25, 0.3) is 0 Å². The Morgan fingerprint density at radius 2 is 0.562 bits per heavy atom. The monoisotopic (exact) mass is 1220 g/mol. The van der Waals surface area contributed by atoms with Crippen LogP contribution in [0.2, 0.25) is 0 Å². The average Bonchev–Trinajstić information content (AvgIpc) is 0.774. The molecule has 6 heteroatoms. The van der Waals surface area contributed by atoms with E-state index < -0.39 is 0 Å². The van der Waals surface area contributed by atoms with E-state index in [2.05, 4.69) is 314 Å². The predicted octanol–water partition coefficient (Wildman–Crippen LogP) is 23.3. The van der Waals surface area contributed by atoms with E-state index in [4.69, 9.17) is 24.9 Å². The third-order valence-corrected chi connectivity index (χ3v) is 18.8. The maximum atomic E-state index is 5.40. The second-order valence-electron chi connectivity index (χ2n) is 24.6. The molecule has 18 aromatic rings. The lowest BCUT2D eigenvalue weighted by atomic mass is 9.89. The lowest BCUT2D eigenvalue weighted by molar-refractivity contribution is 1.18. The zero-order chi connectivity index (χ0) is 63.5. The molecule has 0 amide bonds. The van der Waals surface area contributed by atoms with E-state index >= 15 is 0 Å². The summed E-state index contributed by atoms with van der Waals surface area (Å²) in [5.74, 6) is 1.28. The molecule has 4 aromatic heterocycles. The van der Waals surface area contributed by atoms with Gasteiger partial charge in [-0.3, -0.25) is 9.97 Å². The number of hydrogen-bond acceptors (Lipinski definition) is 6. The Labute approximate surface area is 554 Å². The van der Waals surface area contributed by atoms with Gasteiger partial charge in [0.1, 0.15) is 0 Å². The molecule has 6 nitrogen and oxygen atoms in total. The molecule has 0 bridgehead atoms. The molecule has 18 rings (SSSR count). The van der Waals surface area contributed by atoms with Gasteiger partial charge in [0.2, 0.25) is 0 Å². The molecule has 0 aliphatic heterocycles. The van der Waals surface area contributed by atoms with Crippen molar-refractivity contribution in [2.24, 2.45) is 0 Å². The average molecular weight is 1220 g/mol. The second kappa shape index (κ2) is 23.7. The van der Waals surface area contributed by atoms with Crippen molar-refractivity contribution in [1.29, 1.82) is 0 Å². The number of fused-ring (bicyclic) bond motifs is 8. The van der Waals surface area contributed by atoms with Crippen molar-refractivity contribution in [3.63, 3.8) is 0 Å². The fourth-order valence-corrected chi connectivity index (χ4v) is 14.0. The van der Waals surface area contributed by atoms with Gasteiger partial charge in [-0.15, -0.1) is 0 Å². The normalized spacial score (nSPS) is 11.5. The van der Waals surface area contributed by atoms with Crippen LogP contribution in [0.5, 0.6) is 0 Å². The maximum absolute atomic E-state index is 5.40. The molecule has 4 heterocycles. The topological polar surface area (TPSA) is 77.3 Å². The Hall–Kier alpha value is -12.9. The SMILES string of the molecule is c1ccc(-c2cc(-c3cccc(-c4ccnc(-c5cccc(-c6cc(-c7cccc(-c8cccnc8)c7)nc(-c7ccc(-c8c9ccccc9cc9c8ccc8ccccc89)cc7)n6)c5)c4)c3)nc(-c3ccc(-c4c5ccccc5cc5c4ccc4ccccc45)cc3)n2)cc1. The first-order valence-electron chi connectivity index (χ1n) is 32.4. The summed E-state index contributed by atoms with van der Waals surface area (Å²) in [6.45, 7) is 0. The summed E-state index contributed by atoms with van der Waals surface area (Å²) in [6, 6.07) is 115. The van der Waals surface area contributed by atoms with Crippen LogP contribution in [0, 0.1) is 0 Å². The minimum atomic E-state index is 0.629. The van der Waals surface area contributed by atoms with Crippen LogP contribution in [0.25, 0.3) is 188 Å². The molecule has 0 aliphatic carbocycles. The van der Waals surface area contributed by atoms with E-state index in [9.17, 15) is 0 Å². The summed E-state index contributed by atoms with van der Waals surface area (Å²) < 4.78 is 0. The Morgan fingerprint density at radius 1 is 0.177 bits per heavy atom. The van der Waals surface area contributed by atoms with Crippen LogP contribution < -0.4 is 0 Å². The fourth-order valence-electron chi connectivity index (χ4n) is 14.0. The van der Waals surface area contributed by atoms with Crippen molar-refractivity contribution < 1.29 is 0 Å². The molecule has 0 spiro atoms. The molecular weight excluding hydrogens is 1170 g/mol. The quantitative estimate of drug-likeness (QED) is 0.0949. The minimum absolute atomic E-state index is 0.629. The largest absolute Gasteiger partial charge is 0.264 e. The molecule has 96 heavy (non-hydrogen) atoms. The molecule has 0 saturated heterocycles. The summed E-state index contributed by atoms with van der Waals surface area (Å²) >= 11 is 0. The number of nitrogens with zero attached hydrogens (tertiary/aromatic N) is 6. The first-order chi connectivity index (χ1) is 47.5. The van der Waals surface area contributed by atoms with E-state index in [1.54, 1.807) is 6.20 Å². The van der Waals surface area contributed by atoms with Gasteiger partial charge in [-0.1, -0.05) is 261 Å². The lowest BCUT2D eigenvalue weighted by Crippen LogP contribution is -1.97. The third kappa shape index (κ3) is 10.3. The molecule has 446 valence electrons. The van der Waals surface area contributed by atoms with Crippen LogP contribution in [-0.2, 0) is 0 Å². The van der Waals surface area contributed by atoms with Gasteiger partial charge in [0.05, 0.1) is 28.5 Å². The van der Waals surface area contributed by atoms with Gasteiger partial charge >= 0.3 is 0 Å². The number of pyridine rings is 2. The van der Waals surface area contributed by atoms with Crippen LogP contribution in [-0.4, -0.2) is 29.9 Å². The maximum Gasteiger partial charge on any atom is 0.160 e. The number of aromatic nitrogens is 6. The minimum Gasteiger partial charge on any atom is -0.264 e. The molecule has 14 aromatic carbocycles. The van der Waals surface area contributed by atoms with E-state index in [-0.39, 0.29) is 0 Å². The van der Waals surface area contributed by atoms with Crippen LogP contribution in [0.15, 0.2) is 340 Å². The van der Waals surface area contributed by atoms with Crippen molar-refractivity contribution in [1.82, 2.24) is 29.9 Å². The molecule has 0 radical (unpaired) electrons. The lowest BCUT2D eigenvalue weighted by Gasteiger charge is -2.15. The van der Waals surface area contributed by atoms with E-state index in [1.165, 1.54) is 75.8 Å². The molecule has 0 saturated carbocycles. The van der Waals surface area contributed by atoms with Gasteiger partial charge in [0, 0.05) is 63.1 Å². The molecular formula is C90H56N6. The van der Waals surface area contributed by atoms with Crippen LogP contribution in [0.1, 0.15) is 0 Å². The standard InChI is InChI=1S/C90H56N6/c1-2-18-59(19-3-1)83-54-84(94-89(93-83)62-37-33-60(34-38-62)87-76-31-10-6-20-67(76)51-80-74-29-8-4-16-57(74)41-43-78(80)87)70-25-12-22-64(48-70)66-45-47-92-82(53-66)69-24-14-27-72(50-69)86-55-85(71-26-13-23-65(49-71)73-28-15-46-91-56-73)95-90(96-86)63-39-35-61(36-40-63)88-77-32-11-7-21-68(77)52-81-75-30-9-5-17-58(75)42-44-79(81)88/h1-56H. The Morgan fingerprint density at radius 3 is 1.06 bits per heavy atom. The van der Waals surface area contributed by atoms with Crippen molar-refractivity contribution in [2.75, 3.05) is 0 Å². The van der Waals surface area contributed by atoms with E-state index in [1.807, 2.05) is 24.5 Å². The van der Waals surface area contributed by atoms with Gasteiger partial charge < -0.3 is 0 Å². The molecule has 0 aliphatic rings. The van der Waals surface area contributed by atoms with Crippen molar-refractivity contribution in [2.45, 2.75) is 0 Å². The Bertz CT molecular complexity index is 6070. The second-order valence-corrected chi connectivity index (χ2v) is 24.6. The Kier molecular flexibility index (Phi) is 13.8. The summed E-state index contributed by atoms with van der Waals surface area (Å²) in [6.07, 6.45) is 5.60. The number of benzene rings is 14. The highest BCUT2D eigenvalue weighted by molar-refractivity contribution is 6.21. The summed E-state index contributed by atoms with van der Waals surface area (Å²) in [5.41, 5.74) is 19.7. The van der Waals surface area contributed by atoms with Gasteiger partial charge in [-0.25, -0.2) is 19.9 Å². The first kappa shape index (κ1) is 55.9. The highest BCUT2D eigenvalue weighted by Gasteiger charge is 2.19. The summed E-state index contributed by atoms with van der Waals surface area (Å²) in [5, 5.41) is 14.7. The van der Waals surface area contributed by atoms with Crippen molar-refractivity contribution in [3.05, 3.63) is 340 Å². The molecule has 0 N–H and O–H groups in total. The predicted molar refractivity (Wildman–Crippen MR) is 398 cm³/mol. The number of rotatable bonds is 11. The van der Waals surface area contributed by atoms with Crippen molar-refractivity contribution in [3.8, 4) is 124 Å². The molecule has 0 unspecified atom stereocenters. The van der Waals surface area contributed by atoms with Crippen LogP contribution in [0.4, 0.5) is 0 Å². The molecule has 0 atom stereocenters. The zero-order valence-corrected chi connectivity index (χ0v) is 52.0. The highest BCUT2D eigenvalue weighted by Crippen LogP contribution is 2.43. The van der Waals surface area contributed by atoms with Crippen LogP contribution >= 0.6 is 0 Å². The Balaban J connectivity index is 0.691. The smallest absolute Gasteiger partial charge is 0.160 e. The van der Waals surface area contributed by atoms with Gasteiger partial charge in [-0.2, -0.15) is 0 Å². The fraction of sp³-hybridized carbons (Fsp3) is 0. The van der Waals surface area contributed by atoms with E-state index in [0.717, 1.165) is 101 Å². The zero-order valence-electron chi connectivity index (χ0n) is 52.0. The third-order valence-electron chi connectivity index (χ3n) is 18.8. The molecule has 0 fully saturated rings. The van der Waals surface area contributed by atoms with Crippen LogP contribution in [0.3, 0.4) is 0 Å². The summed E-state index contributed by atoms with van der Waals surface area (Å²) in [7, 11) is 0. The van der Waals surface area contributed by atoms with E-state index in [0.29, 0.717) is 11.6 Å².